The largest absolute Gasteiger partial charge is 0.495 e. The van der Waals surface area contributed by atoms with Gasteiger partial charge in [0.2, 0.25) is 0 Å². The highest BCUT2D eigenvalue weighted by Crippen LogP contribution is 2.31. The first-order valence-corrected chi connectivity index (χ1v) is 6.36. The molecule has 0 N–H and O–H groups in total. The minimum absolute atomic E-state index is 0.0827. The van der Waals surface area contributed by atoms with Crippen molar-refractivity contribution in [2.24, 2.45) is 0 Å². The van der Waals surface area contributed by atoms with Gasteiger partial charge in [-0.2, -0.15) is 0 Å². The molecule has 1 rings (SSSR count). The van der Waals surface area contributed by atoms with E-state index in [-0.39, 0.29) is 11.4 Å². The second-order valence-corrected chi connectivity index (χ2v) is 5.39. The van der Waals surface area contributed by atoms with Crippen LogP contribution >= 0.6 is 10.7 Å². The molecule has 1 heterocycles. The monoisotopic (exact) mass is 271 g/mol. The maximum atomic E-state index is 12.6. The molecule has 1 aromatic rings. The van der Waals surface area contributed by atoms with Gasteiger partial charge in [0, 0.05) is 10.7 Å². The summed E-state index contributed by atoms with van der Waals surface area (Å²) in [6.45, 7) is 1.43. The molecule has 0 bridgehead atoms. The van der Waals surface area contributed by atoms with Crippen LogP contribution in [0.5, 0.6) is 5.75 Å². The van der Waals surface area contributed by atoms with Crippen LogP contribution in [0.25, 0.3) is 0 Å². The smallest absolute Gasteiger partial charge is 0.279 e. The third kappa shape index (κ3) is 2.59. The van der Waals surface area contributed by atoms with E-state index in [0.717, 1.165) is 6.07 Å². The van der Waals surface area contributed by atoms with Crippen LogP contribution in [0.2, 0.25) is 0 Å². The summed E-state index contributed by atoms with van der Waals surface area (Å²) >= 11 is 0. The van der Waals surface area contributed by atoms with E-state index in [1.165, 1.54) is 14.0 Å². The second-order valence-electron chi connectivity index (χ2n) is 2.91. The molecule has 0 spiro atoms. The Morgan fingerprint density at radius 3 is 2.44 bits per heavy atom. The Bertz CT molecular complexity index is 504. The molecule has 4 nitrogen and oxygen atoms in total. The first-order chi connectivity index (χ1) is 7.27. The maximum Gasteiger partial charge on any atom is 0.279 e. The maximum absolute atomic E-state index is 12.6. The first kappa shape index (κ1) is 13.1. The lowest BCUT2D eigenvalue weighted by Crippen LogP contribution is -2.05. The molecule has 1 aromatic heterocycles. The molecule has 0 aliphatic rings. The fourth-order valence-electron chi connectivity index (χ4n) is 1.14. The molecule has 0 saturated carbocycles. The minimum atomic E-state index is -4.30. The third-order valence-electron chi connectivity index (χ3n) is 1.85. The molecular weight excluding hydrogens is 264 g/mol. The van der Waals surface area contributed by atoms with E-state index in [0.29, 0.717) is 0 Å². The molecule has 0 saturated heterocycles. The van der Waals surface area contributed by atoms with Gasteiger partial charge in [0.25, 0.3) is 15.5 Å². The van der Waals surface area contributed by atoms with E-state index in [1.54, 1.807) is 0 Å². The Morgan fingerprint density at radius 2 is 2.06 bits per heavy atom. The summed E-state index contributed by atoms with van der Waals surface area (Å²) in [6, 6.07) is 0.919. The van der Waals surface area contributed by atoms with Crippen molar-refractivity contribution in [2.75, 3.05) is 7.11 Å². The van der Waals surface area contributed by atoms with E-state index in [9.17, 15) is 17.2 Å². The van der Waals surface area contributed by atoms with Crippen molar-refractivity contribution in [2.45, 2.75) is 18.4 Å². The molecule has 0 aliphatic carbocycles. The summed E-state index contributed by atoms with van der Waals surface area (Å²) in [4.78, 5) is 3.51. The van der Waals surface area contributed by atoms with Crippen molar-refractivity contribution < 1.29 is 21.9 Å². The SMILES string of the molecule is COc1cc(C(F)F)c(S(=O)(=O)Cl)nc1C. The molecule has 8 heteroatoms. The number of rotatable bonds is 3. The van der Waals surface area contributed by atoms with Crippen LogP contribution in [0.15, 0.2) is 11.1 Å². The summed E-state index contributed by atoms with van der Waals surface area (Å²) in [5, 5.41) is -0.831. The summed E-state index contributed by atoms with van der Waals surface area (Å²) in [5.41, 5.74) is -0.594. The van der Waals surface area contributed by atoms with Crippen LogP contribution in [-0.4, -0.2) is 20.5 Å². The Labute approximate surface area is 95.6 Å². The molecule has 0 amide bonds. The topological polar surface area (TPSA) is 56.3 Å². The summed E-state index contributed by atoms with van der Waals surface area (Å²) in [7, 11) is 1.98. The van der Waals surface area contributed by atoms with Crippen LogP contribution in [-0.2, 0) is 9.05 Å². The fourth-order valence-corrected chi connectivity index (χ4v) is 2.18. The predicted molar refractivity (Wildman–Crippen MR) is 53.5 cm³/mol. The van der Waals surface area contributed by atoms with E-state index in [4.69, 9.17) is 15.4 Å². The summed E-state index contributed by atoms with van der Waals surface area (Å²) in [5.74, 6) is 0.0827. The van der Waals surface area contributed by atoms with Crippen molar-refractivity contribution in [3.63, 3.8) is 0 Å². The zero-order valence-electron chi connectivity index (χ0n) is 8.37. The van der Waals surface area contributed by atoms with Crippen molar-refractivity contribution in [3.05, 3.63) is 17.3 Å². The second kappa shape index (κ2) is 4.50. The van der Waals surface area contributed by atoms with E-state index < -0.39 is 26.1 Å². The average molecular weight is 272 g/mol. The highest BCUT2D eigenvalue weighted by atomic mass is 35.7. The number of hydrogen-bond donors (Lipinski definition) is 0. The van der Waals surface area contributed by atoms with Gasteiger partial charge >= 0.3 is 0 Å². The van der Waals surface area contributed by atoms with Crippen molar-refractivity contribution in [3.8, 4) is 5.75 Å². The summed E-state index contributed by atoms with van der Waals surface area (Å²) in [6.07, 6.45) is -2.99. The van der Waals surface area contributed by atoms with Crippen LogP contribution in [0, 0.1) is 6.92 Å². The molecule has 0 aliphatic heterocycles. The minimum Gasteiger partial charge on any atom is -0.495 e. The van der Waals surface area contributed by atoms with Crippen molar-refractivity contribution in [1.29, 1.82) is 0 Å². The van der Waals surface area contributed by atoms with Gasteiger partial charge in [-0.15, -0.1) is 0 Å². The zero-order valence-corrected chi connectivity index (χ0v) is 9.94. The lowest BCUT2D eigenvalue weighted by molar-refractivity contribution is 0.146. The van der Waals surface area contributed by atoms with Gasteiger partial charge in [0.1, 0.15) is 5.75 Å². The first-order valence-electron chi connectivity index (χ1n) is 4.05. The van der Waals surface area contributed by atoms with Gasteiger partial charge in [0.05, 0.1) is 18.4 Å². The Balaban J connectivity index is 3.55. The molecule has 90 valence electrons. The van der Waals surface area contributed by atoms with Gasteiger partial charge in [0.15, 0.2) is 5.03 Å². The number of nitrogens with zero attached hydrogens (tertiary/aromatic N) is 1. The zero-order chi connectivity index (χ0) is 12.5. The Morgan fingerprint density at radius 1 is 1.50 bits per heavy atom. The normalized spacial score (nSPS) is 11.9. The lowest BCUT2D eigenvalue weighted by Gasteiger charge is -2.10. The van der Waals surface area contributed by atoms with Gasteiger partial charge in [-0.05, 0) is 13.0 Å². The average Bonchev–Trinajstić information content (AvgIpc) is 2.15. The van der Waals surface area contributed by atoms with Crippen LogP contribution in [0.1, 0.15) is 17.7 Å². The van der Waals surface area contributed by atoms with Gasteiger partial charge in [-0.25, -0.2) is 22.2 Å². The molecule has 16 heavy (non-hydrogen) atoms. The Kier molecular flexibility index (Phi) is 3.69. The van der Waals surface area contributed by atoms with E-state index in [1.807, 2.05) is 0 Å². The number of pyridine rings is 1. The van der Waals surface area contributed by atoms with Crippen LogP contribution in [0.4, 0.5) is 8.78 Å². The molecule has 0 unspecified atom stereocenters. The van der Waals surface area contributed by atoms with Gasteiger partial charge in [-0.1, -0.05) is 0 Å². The standard InChI is InChI=1S/C8H8ClF2NO3S/c1-4-6(15-2)3-5(7(10)11)8(12-4)16(9,13)14/h3,7H,1-2H3. The van der Waals surface area contributed by atoms with Crippen LogP contribution < -0.4 is 4.74 Å². The molecule has 0 atom stereocenters. The van der Waals surface area contributed by atoms with Gasteiger partial charge < -0.3 is 4.74 Å². The van der Waals surface area contributed by atoms with Crippen molar-refractivity contribution in [1.82, 2.24) is 4.98 Å². The number of ether oxygens (including phenoxy) is 1. The fraction of sp³-hybridized carbons (Fsp3) is 0.375. The highest BCUT2D eigenvalue weighted by Gasteiger charge is 2.25. The summed E-state index contributed by atoms with van der Waals surface area (Å²) < 4.78 is 52.0. The number of alkyl halides is 2. The number of methoxy groups -OCH3 is 1. The number of halogens is 3. The predicted octanol–water partition coefficient (Wildman–Crippen LogP) is 2.26. The quantitative estimate of drug-likeness (QED) is 0.792. The highest BCUT2D eigenvalue weighted by molar-refractivity contribution is 8.13. The van der Waals surface area contributed by atoms with E-state index >= 15 is 0 Å². The number of aryl methyl sites for hydroxylation is 1. The molecule has 0 fully saturated rings. The van der Waals surface area contributed by atoms with Crippen LogP contribution in [0.3, 0.4) is 0 Å². The molecule has 0 radical (unpaired) electrons. The van der Waals surface area contributed by atoms with E-state index in [2.05, 4.69) is 4.98 Å². The number of hydrogen-bond acceptors (Lipinski definition) is 4. The molecular formula is C8H8ClF2NO3S. The lowest BCUT2D eigenvalue weighted by atomic mass is 10.2. The molecule has 0 aromatic carbocycles. The van der Waals surface area contributed by atoms with Gasteiger partial charge in [-0.3, -0.25) is 0 Å². The Hall–Kier alpha value is -0.950. The third-order valence-corrected chi connectivity index (χ3v) is 3.07. The number of aromatic nitrogens is 1. The van der Waals surface area contributed by atoms with Crippen molar-refractivity contribution >= 4 is 19.7 Å².